The van der Waals surface area contributed by atoms with Crippen LogP contribution in [0, 0.1) is 11.6 Å². The Hall–Kier alpha value is -3.67. The van der Waals surface area contributed by atoms with Gasteiger partial charge in [0.15, 0.2) is 0 Å². The summed E-state index contributed by atoms with van der Waals surface area (Å²) in [7, 11) is 1.56. The lowest BCUT2D eigenvalue weighted by molar-refractivity contribution is 0.626. The van der Waals surface area contributed by atoms with Gasteiger partial charge in [-0.2, -0.15) is 9.78 Å². The van der Waals surface area contributed by atoms with Crippen LogP contribution in [0.4, 0.5) is 8.78 Å². The minimum absolute atomic E-state index is 0.316. The molecular weight excluding hydrogens is 360 g/mol. The normalized spacial score (nSPS) is 11.4. The maximum Gasteiger partial charge on any atom is 0.279 e. The molecule has 1 aromatic heterocycles. The number of nitrogens with zero attached hydrogens (tertiary/aromatic N) is 3. The highest BCUT2D eigenvalue weighted by Gasteiger charge is 2.14. The van der Waals surface area contributed by atoms with Gasteiger partial charge in [-0.1, -0.05) is 18.2 Å². The van der Waals surface area contributed by atoms with Crippen LogP contribution < -0.4 is 5.56 Å². The van der Waals surface area contributed by atoms with Gasteiger partial charge in [0.05, 0.1) is 16.8 Å². The Labute approximate surface area is 159 Å². The molecule has 0 saturated heterocycles. The molecule has 0 aliphatic rings. The van der Waals surface area contributed by atoms with Crippen molar-refractivity contribution < 1.29 is 8.78 Å². The van der Waals surface area contributed by atoms with Crippen molar-refractivity contribution in [2.24, 2.45) is 4.99 Å². The van der Waals surface area contributed by atoms with Gasteiger partial charge in [-0.3, -0.25) is 9.79 Å². The van der Waals surface area contributed by atoms with E-state index in [1.165, 1.54) is 41.2 Å². The van der Waals surface area contributed by atoms with Crippen LogP contribution in [0.15, 0.2) is 76.5 Å². The van der Waals surface area contributed by atoms with Crippen LogP contribution in [0.3, 0.4) is 0 Å². The molecule has 0 bridgehead atoms. The van der Waals surface area contributed by atoms with Crippen molar-refractivity contribution >= 4 is 17.0 Å². The Morgan fingerprint density at radius 1 is 0.964 bits per heavy atom. The number of aliphatic imine (C=N–C) groups is 1. The van der Waals surface area contributed by atoms with Crippen molar-refractivity contribution in [2.75, 3.05) is 7.05 Å². The lowest BCUT2D eigenvalue weighted by atomic mass is 10.0. The predicted octanol–water partition coefficient (Wildman–Crippen LogP) is 4.38. The summed E-state index contributed by atoms with van der Waals surface area (Å²) in [6.45, 7) is 0. The van der Waals surface area contributed by atoms with Crippen LogP contribution in [-0.2, 0) is 0 Å². The summed E-state index contributed by atoms with van der Waals surface area (Å²) in [5, 5.41) is 5.63. The summed E-state index contributed by atoms with van der Waals surface area (Å²) >= 11 is 0. The van der Waals surface area contributed by atoms with Gasteiger partial charge < -0.3 is 0 Å². The molecule has 0 atom stereocenters. The molecule has 138 valence electrons. The molecule has 1 heterocycles. The molecule has 4 nitrogen and oxygen atoms in total. The van der Waals surface area contributed by atoms with Crippen LogP contribution in [0.25, 0.3) is 27.7 Å². The second kappa shape index (κ2) is 7.15. The summed E-state index contributed by atoms with van der Waals surface area (Å²) in [6, 6.07) is 17.2. The van der Waals surface area contributed by atoms with E-state index in [2.05, 4.69) is 10.1 Å². The molecule has 0 amide bonds. The van der Waals surface area contributed by atoms with Crippen LogP contribution in [0.2, 0.25) is 0 Å². The number of hydrogen-bond acceptors (Lipinski definition) is 3. The quantitative estimate of drug-likeness (QED) is 0.499. The van der Waals surface area contributed by atoms with Crippen LogP contribution >= 0.6 is 0 Å². The molecule has 0 N–H and O–H groups in total. The Kier molecular flexibility index (Phi) is 4.53. The smallest absolute Gasteiger partial charge is 0.279 e. The van der Waals surface area contributed by atoms with Crippen molar-refractivity contribution in [3.8, 4) is 16.9 Å². The number of hydrogen-bond donors (Lipinski definition) is 0. The standard InChI is InChI=1S/C22H15F2N3O/c1-25-13-15-12-14(6-11-20(15)24)21-18-4-2-3-5-19(18)22(28)27(26-21)17-9-7-16(23)8-10-17/h2-13H,1H3. The molecule has 0 radical (unpaired) electrons. The van der Waals surface area contributed by atoms with E-state index in [-0.39, 0.29) is 5.56 Å². The van der Waals surface area contributed by atoms with Gasteiger partial charge in [0.1, 0.15) is 11.6 Å². The molecule has 3 aromatic carbocycles. The Bertz CT molecular complexity index is 1260. The van der Waals surface area contributed by atoms with Gasteiger partial charge >= 0.3 is 0 Å². The highest BCUT2D eigenvalue weighted by Crippen LogP contribution is 2.26. The second-order valence-electron chi connectivity index (χ2n) is 6.21. The van der Waals surface area contributed by atoms with Crippen LogP contribution in [0.1, 0.15) is 5.56 Å². The predicted molar refractivity (Wildman–Crippen MR) is 106 cm³/mol. The minimum Gasteiger partial charge on any atom is -0.296 e. The molecule has 0 aliphatic heterocycles. The zero-order valence-electron chi connectivity index (χ0n) is 14.9. The van der Waals surface area contributed by atoms with Gasteiger partial charge in [-0.25, -0.2) is 8.78 Å². The van der Waals surface area contributed by atoms with E-state index in [4.69, 9.17) is 0 Å². The highest BCUT2D eigenvalue weighted by molar-refractivity contribution is 5.95. The van der Waals surface area contributed by atoms with E-state index in [9.17, 15) is 13.6 Å². The molecule has 4 aromatic rings. The molecule has 0 saturated carbocycles. The molecule has 0 aliphatic carbocycles. The number of aromatic nitrogens is 2. The average Bonchev–Trinajstić information content (AvgIpc) is 2.71. The third kappa shape index (κ3) is 3.09. The van der Waals surface area contributed by atoms with E-state index in [1.807, 2.05) is 6.07 Å². The largest absolute Gasteiger partial charge is 0.296 e. The van der Waals surface area contributed by atoms with Gasteiger partial charge in [-0.15, -0.1) is 0 Å². The van der Waals surface area contributed by atoms with Crippen molar-refractivity contribution in [1.29, 1.82) is 0 Å². The Morgan fingerprint density at radius 2 is 1.68 bits per heavy atom. The number of halogens is 2. The molecule has 4 rings (SSSR count). The van der Waals surface area contributed by atoms with E-state index in [0.29, 0.717) is 33.3 Å². The van der Waals surface area contributed by atoms with E-state index in [1.54, 1.807) is 37.4 Å². The molecule has 6 heteroatoms. The third-order valence-electron chi connectivity index (χ3n) is 4.41. The van der Waals surface area contributed by atoms with Crippen molar-refractivity contribution in [3.05, 3.63) is 94.3 Å². The second-order valence-corrected chi connectivity index (χ2v) is 6.21. The third-order valence-corrected chi connectivity index (χ3v) is 4.41. The fourth-order valence-corrected chi connectivity index (χ4v) is 3.09. The van der Waals surface area contributed by atoms with Gasteiger partial charge in [-0.05, 0) is 48.5 Å². The number of benzene rings is 3. The summed E-state index contributed by atoms with van der Waals surface area (Å²) in [4.78, 5) is 16.8. The topological polar surface area (TPSA) is 47.2 Å². The fraction of sp³-hybridized carbons (Fsp3) is 0.0455. The van der Waals surface area contributed by atoms with Gasteiger partial charge in [0.2, 0.25) is 0 Å². The Morgan fingerprint density at radius 3 is 2.39 bits per heavy atom. The molecular formula is C22H15F2N3O. The van der Waals surface area contributed by atoms with E-state index < -0.39 is 11.6 Å². The van der Waals surface area contributed by atoms with Gasteiger partial charge in [0.25, 0.3) is 5.56 Å². The van der Waals surface area contributed by atoms with E-state index >= 15 is 0 Å². The van der Waals surface area contributed by atoms with E-state index in [0.717, 1.165) is 0 Å². The zero-order valence-corrected chi connectivity index (χ0v) is 14.9. The minimum atomic E-state index is -0.403. The maximum atomic E-state index is 14.0. The van der Waals surface area contributed by atoms with Crippen molar-refractivity contribution in [3.63, 3.8) is 0 Å². The molecule has 28 heavy (non-hydrogen) atoms. The first-order valence-electron chi connectivity index (χ1n) is 8.58. The molecule has 0 unspecified atom stereocenters. The lowest BCUT2D eigenvalue weighted by Gasteiger charge is -2.12. The van der Waals surface area contributed by atoms with Crippen molar-refractivity contribution in [2.45, 2.75) is 0 Å². The van der Waals surface area contributed by atoms with Crippen LogP contribution in [0.5, 0.6) is 0 Å². The van der Waals surface area contributed by atoms with Crippen molar-refractivity contribution in [1.82, 2.24) is 9.78 Å². The monoisotopic (exact) mass is 375 g/mol. The van der Waals surface area contributed by atoms with Crippen LogP contribution in [-0.4, -0.2) is 23.0 Å². The SMILES string of the molecule is CN=Cc1cc(-c2nn(-c3ccc(F)cc3)c(=O)c3ccccc23)ccc1F. The summed E-state index contributed by atoms with van der Waals surface area (Å²) in [6.07, 6.45) is 1.43. The average molecular weight is 375 g/mol. The first-order chi connectivity index (χ1) is 13.6. The maximum absolute atomic E-state index is 14.0. The first-order valence-corrected chi connectivity index (χ1v) is 8.58. The summed E-state index contributed by atoms with van der Waals surface area (Å²) < 4.78 is 28.6. The highest BCUT2D eigenvalue weighted by atomic mass is 19.1. The Balaban J connectivity index is 2.03. The summed E-state index contributed by atoms with van der Waals surface area (Å²) in [5.74, 6) is -0.801. The fourth-order valence-electron chi connectivity index (χ4n) is 3.09. The number of rotatable bonds is 3. The van der Waals surface area contributed by atoms with Gasteiger partial charge in [0, 0.05) is 29.8 Å². The molecule has 0 fully saturated rings. The first kappa shape index (κ1) is 17.7. The zero-order chi connectivity index (χ0) is 19.7. The summed E-state index contributed by atoms with van der Waals surface area (Å²) in [5.41, 5.74) is 1.61. The lowest BCUT2D eigenvalue weighted by Crippen LogP contribution is -2.22. The number of fused-ring (bicyclic) bond motifs is 1. The molecule has 0 spiro atoms.